The summed E-state index contributed by atoms with van der Waals surface area (Å²) in [6, 6.07) is 10.3. The second kappa shape index (κ2) is 8.70. The van der Waals surface area contributed by atoms with Crippen molar-refractivity contribution in [2.75, 3.05) is 36.5 Å². The van der Waals surface area contributed by atoms with E-state index in [0.29, 0.717) is 16.3 Å². The van der Waals surface area contributed by atoms with E-state index in [1.54, 1.807) is 25.1 Å². The Kier molecular flexibility index (Phi) is 6.94. The molecule has 0 bridgehead atoms. The molecule has 2 aromatic carbocycles. The summed E-state index contributed by atoms with van der Waals surface area (Å²) in [6.45, 7) is 1.25. The molecule has 0 aliphatic heterocycles. The summed E-state index contributed by atoms with van der Waals surface area (Å²) in [5.41, 5.74) is 1.30. The molecule has 0 aliphatic carbocycles. The number of hydrogen-bond donors (Lipinski definition) is 1. The lowest BCUT2D eigenvalue weighted by Gasteiger charge is -2.22. The zero-order chi connectivity index (χ0) is 22.0. The van der Waals surface area contributed by atoms with Crippen LogP contribution < -0.4 is 9.62 Å². The summed E-state index contributed by atoms with van der Waals surface area (Å²) >= 11 is 6.04. The minimum atomic E-state index is -3.80. The first kappa shape index (κ1) is 23.1. The number of sulfonamides is 2. The first-order valence-electron chi connectivity index (χ1n) is 8.39. The summed E-state index contributed by atoms with van der Waals surface area (Å²) in [5, 5.41) is 3.11. The van der Waals surface area contributed by atoms with Crippen molar-refractivity contribution in [3.63, 3.8) is 0 Å². The third-order valence-electron chi connectivity index (χ3n) is 4.13. The molecule has 0 aromatic heterocycles. The Balaban J connectivity index is 2.29. The van der Waals surface area contributed by atoms with E-state index in [1.807, 2.05) is 0 Å². The number of halogens is 1. The van der Waals surface area contributed by atoms with Crippen LogP contribution in [0.25, 0.3) is 0 Å². The molecule has 0 saturated heterocycles. The minimum Gasteiger partial charge on any atom is -0.324 e. The Morgan fingerprint density at radius 1 is 1.03 bits per heavy atom. The Bertz CT molecular complexity index is 1110. The van der Waals surface area contributed by atoms with Gasteiger partial charge in [0.1, 0.15) is 6.54 Å². The number of rotatable bonds is 7. The van der Waals surface area contributed by atoms with E-state index in [1.165, 1.54) is 38.4 Å². The smallest absolute Gasteiger partial charge is 0.245 e. The summed E-state index contributed by atoms with van der Waals surface area (Å²) in [5.74, 6) is -0.564. The van der Waals surface area contributed by atoms with Crippen LogP contribution in [0, 0.1) is 6.92 Å². The molecule has 0 saturated carbocycles. The molecule has 1 N–H and O–H groups in total. The molecule has 0 heterocycles. The maximum Gasteiger partial charge on any atom is 0.245 e. The molecule has 0 radical (unpaired) electrons. The van der Waals surface area contributed by atoms with Gasteiger partial charge in [-0.15, -0.1) is 0 Å². The summed E-state index contributed by atoms with van der Waals surface area (Å²) < 4.78 is 50.7. The number of carbonyl (C=O) groups is 1. The van der Waals surface area contributed by atoms with Gasteiger partial charge in [-0.2, -0.15) is 0 Å². The maximum atomic E-state index is 12.5. The van der Waals surface area contributed by atoms with Gasteiger partial charge in [-0.05, 0) is 48.9 Å². The van der Waals surface area contributed by atoms with Gasteiger partial charge < -0.3 is 5.32 Å². The van der Waals surface area contributed by atoms with Gasteiger partial charge in [0, 0.05) is 24.8 Å². The number of carbonyl (C=O) groups excluding carboxylic acids is 1. The maximum absolute atomic E-state index is 12.5. The fourth-order valence-corrected chi connectivity index (χ4v) is 4.39. The Hall–Kier alpha value is -2.14. The highest BCUT2D eigenvalue weighted by Crippen LogP contribution is 2.24. The fraction of sp³-hybridized carbons (Fsp3) is 0.278. The molecule has 1 amide bonds. The van der Waals surface area contributed by atoms with Crippen molar-refractivity contribution in [1.29, 1.82) is 0 Å². The van der Waals surface area contributed by atoms with Gasteiger partial charge in [-0.25, -0.2) is 21.1 Å². The van der Waals surface area contributed by atoms with Crippen LogP contribution in [-0.2, 0) is 24.8 Å². The van der Waals surface area contributed by atoms with Crippen LogP contribution in [0.15, 0.2) is 47.4 Å². The minimum absolute atomic E-state index is 0.0127. The number of amides is 1. The first-order valence-corrected chi connectivity index (χ1v) is 12.1. The predicted octanol–water partition coefficient (Wildman–Crippen LogP) is 2.30. The number of hydrogen-bond acceptors (Lipinski definition) is 5. The SMILES string of the molecule is Cc1c(Cl)cccc1NC(=O)CN(c1ccc(S(=O)(=O)N(C)C)cc1)S(C)(=O)=O. The number of nitrogens with zero attached hydrogens (tertiary/aromatic N) is 2. The van der Waals surface area contributed by atoms with Crippen LogP contribution in [-0.4, -0.2) is 53.9 Å². The van der Waals surface area contributed by atoms with Crippen LogP contribution in [0.5, 0.6) is 0 Å². The van der Waals surface area contributed by atoms with E-state index in [-0.39, 0.29) is 10.6 Å². The molecule has 0 fully saturated rings. The van der Waals surface area contributed by atoms with Crippen LogP contribution >= 0.6 is 11.6 Å². The number of nitrogens with one attached hydrogen (secondary N) is 1. The van der Waals surface area contributed by atoms with Gasteiger partial charge in [-0.3, -0.25) is 9.10 Å². The normalized spacial score (nSPS) is 12.1. The average molecular weight is 460 g/mol. The lowest BCUT2D eigenvalue weighted by atomic mass is 10.2. The van der Waals surface area contributed by atoms with Crippen LogP contribution in [0.3, 0.4) is 0 Å². The van der Waals surface area contributed by atoms with Gasteiger partial charge in [0.25, 0.3) is 0 Å². The molecule has 158 valence electrons. The molecular weight excluding hydrogens is 438 g/mol. The number of benzene rings is 2. The molecule has 0 atom stereocenters. The van der Waals surface area contributed by atoms with Gasteiger partial charge in [0.2, 0.25) is 26.0 Å². The van der Waals surface area contributed by atoms with Gasteiger partial charge in [0.05, 0.1) is 16.8 Å². The van der Waals surface area contributed by atoms with E-state index in [0.717, 1.165) is 14.9 Å². The van der Waals surface area contributed by atoms with Crippen molar-refractivity contribution >= 4 is 48.9 Å². The van der Waals surface area contributed by atoms with Crippen molar-refractivity contribution < 1.29 is 21.6 Å². The molecular formula is C18H22ClN3O5S2. The Morgan fingerprint density at radius 2 is 1.62 bits per heavy atom. The average Bonchev–Trinajstić information content (AvgIpc) is 2.62. The summed E-state index contributed by atoms with van der Waals surface area (Å²) in [6.07, 6.45) is 0.968. The van der Waals surface area contributed by atoms with E-state index >= 15 is 0 Å². The molecule has 11 heteroatoms. The zero-order valence-electron chi connectivity index (χ0n) is 16.4. The highest BCUT2D eigenvalue weighted by Gasteiger charge is 2.23. The lowest BCUT2D eigenvalue weighted by molar-refractivity contribution is -0.114. The van der Waals surface area contributed by atoms with Crippen LogP contribution in [0.2, 0.25) is 5.02 Å². The monoisotopic (exact) mass is 459 g/mol. The third kappa shape index (κ3) is 5.47. The van der Waals surface area contributed by atoms with Crippen LogP contribution in [0.1, 0.15) is 5.56 Å². The second-order valence-corrected chi connectivity index (χ2v) is 11.0. The van der Waals surface area contributed by atoms with Gasteiger partial charge >= 0.3 is 0 Å². The second-order valence-electron chi connectivity index (χ2n) is 6.51. The molecule has 29 heavy (non-hydrogen) atoms. The topological polar surface area (TPSA) is 104 Å². The molecule has 2 aromatic rings. The molecule has 0 spiro atoms. The van der Waals surface area contributed by atoms with Crippen molar-refractivity contribution in [3.8, 4) is 0 Å². The van der Waals surface area contributed by atoms with Crippen molar-refractivity contribution in [2.24, 2.45) is 0 Å². The number of anilines is 2. The quantitative estimate of drug-likeness (QED) is 0.684. The zero-order valence-corrected chi connectivity index (χ0v) is 18.8. The van der Waals surface area contributed by atoms with Crippen molar-refractivity contribution in [1.82, 2.24) is 4.31 Å². The molecule has 0 aliphatic rings. The summed E-state index contributed by atoms with van der Waals surface area (Å²) in [7, 11) is -4.66. The Morgan fingerprint density at radius 3 is 2.14 bits per heavy atom. The fourth-order valence-electron chi connectivity index (χ4n) is 2.46. The third-order valence-corrected chi connectivity index (χ3v) is 7.51. The molecule has 0 unspecified atom stereocenters. The lowest BCUT2D eigenvalue weighted by Crippen LogP contribution is -2.37. The largest absolute Gasteiger partial charge is 0.324 e. The van der Waals surface area contributed by atoms with Crippen molar-refractivity contribution in [3.05, 3.63) is 53.1 Å². The first-order chi connectivity index (χ1) is 13.3. The standard InChI is InChI=1S/C18H22ClN3O5S2/c1-13-16(19)6-5-7-17(13)20-18(23)12-22(28(4,24)25)14-8-10-15(11-9-14)29(26,27)21(2)3/h5-11H,12H2,1-4H3,(H,20,23). The van der Waals surface area contributed by atoms with Crippen molar-refractivity contribution in [2.45, 2.75) is 11.8 Å². The summed E-state index contributed by atoms with van der Waals surface area (Å²) in [4.78, 5) is 12.5. The molecule has 8 nitrogen and oxygen atoms in total. The predicted molar refractivity (Wildman–Crippen MR) is 114 cm³/mol. The highest BCUT2D eigenvalue weighted by molar-refractivity contribution is 7.92. The van der Waals surface area contributed by atoms with Gasteiger partial charge in [-0.1, -0.05) is 17.7 Å². The van der Waals surface area contributed by atoms with E-state index in [2.05, 4.69) is 5.32 Å². The highest BCUT2D eigenvalue weighted by atomic mass is 35.5. The van der Waals surface area contributed by atoms with E-state index in [9.17, 15) is 21.6 Å². The molecule has 2 rings (SSSR count). The van der Waals surface area contributed by atoms with E-state index in [4.69, 9.17) is 11.6 Å². The van der Waals surface area contributed by atoms with Crippen LogP contribution in [0.4, 0.5) is 11.4 Å². The van der Waals surface area contributed by atoms with E-state index < -0.39 is 32.5 Å². The van der Waals surface area contributed by atoms with Gasteiger partial charge in [0.15, 0.2) is 0 Å². The Labute approximate surface area is 176 Å².